The topological polar surface area (TPSA) is 88.2 Å². The van der Waals surface area contributed by atoms with E-state index >= 15 is 0 Å². The van der Waals surface area contributed by atoms with Crippen LogP contribution in [0.1, 0.15) is 67.3 Å². The summed E-state index contributed by atoms with van der Waals surface area (Å²) >= 11 is 0. The summed E-state index contributed by atoms with van der Waals surface area (Å²) in [4.78, 5) is 40.9. The van der Waals surface area contributed by atoms with Gasteiger partial charge in [0.15, 0.2) is 0 Å². The highest BCUT2D eigenvalue weighted by Crippen LogP contribution is 2.41. The van der Waals surface area contributed by atoms with Crippen LogP contribution in [0.5, 0.6) is 5.75 Å². The smallest absolute Gasteiger partial charge is 0.255 e. The second-order valence-corrected chi connectivity index (χ2v) is 10.7. The number of imide groups is 1. The number of carbonyl (C=O) groups is 3. The molecule has 6 rings (SSSR count). The van der Waals surface area contributed by atoms with Gasteiger partial charge >= 0.3 is 0 Å². The van der Waals surface area contributed by atoms with E-state index in [2.05, 4.69) is 10.2 Å². The minimum Gasteiger partial charge on any atom is -0.489 e. The zero-order valence-electron chi connectivity index (χ0n) is 19.6. The van der Waals surface area contributed by atoms with Crippen LogP contribution < -0.4 is 10.1 Å². The number of amides is 3. The Bertz CT molecular complexity index is 994. The van der Waals surface area contributed by atoms with Crippen molar-refractivity contribution in [2.45, 2.75) is 76.1 Å². The van der Waals surface area contributed by atoms with Crippen LogP contribution in [0.15, 0.2) is 18.2 Å². The summed E-state index contributed by atoms with van der Waals surface area (Å²) in [6, 6.07) is 5.54. The Hall–Kier alpha value is -2.45. The lowest BCUT2D eigenvalue weighted by Crippen LogP contribution is -2.52. The van der Waals surface area contributed by atoms with Gasteiger partial charge in [-0.05, 0) is 87.2 Å². The summed E-state index contributed by atoms with van der Waals surface area (Å²) in [5.41, 5.74) is 1.93. The van der Waals surface area contributed by atoms with Crippen LogP contribution in [0.25, 0.3) is 0 Å². The van der Waals surface area contributed by atoms with E-state index < -0.39 is 6.04 Å². The van der Waals surface area contributed by atoms with Crippen molar-refractivity contribution < 1.29 is 23.9 Å². The minimum absolute atomic E-state index is 0.145. The Morgan fingerprint density at radius 3 is 2.68 bits per heavy atom. The maximum absolute atomic E-state index is 12.9. The molecule has 182 valence electrons. The van der Waals surface area contributed by atoms with E-state index in [1.165, 1.54) is 32.1 Å². The van der Waals surface area contributed by atoms with E-state index in [0.29, 0.717) is 30.0 Å². The molecular formula is C26H33N3O5. The molecule has 4 aliphatic heterocycles. The molecule has 8 nitrogen and oxygen atoms in total. The van der Waals surface area contributed by atoms with Crippen molar-refractivity contribution >= 4 is 17.7 Å². The van der Waals surface area contributed by atoms with Gasteiger partial charge in [-0.2, -0.15) is 0 Å². The average molecular weight is 468 g/mol. The van der Waals surface area contributed by atoms with E-state index in [0.717, 1.165) is 44.0 Å². The molecule has 3 atom stereocenters. The Morgan fingerprint density at radius 2 is 1.91 bits per heavy atom. The zero-order chi connectivity index (χ0) is 23.3. The zero-order valence-corrected chi connectivity index (χ0v) is 19.6. The molecule has 3 unspecified atom stereocenters. The molecule has 3 amide bonds. The number of likely N-dealkylation sites (tertiary alicyclic amines) is 1. The van der Waals surface area contributed by atoms with Crippen LogP contribution >= 0.6 is 0 Å². The van der Waals surface area contributed by atoms with Crippen LogP contribution in [-0.2, 0) is 20.9 Å². The van der Waals surface area contributed by atoms with Gasteiger partial charge in [0.25, 0.3) is 5.91 Å². The lowest BCUT2D eigenvalue weighted by molar-refractivity contribution is -0.136. The lowest BCUT2D eigenvalue weighted by atomic mass is 9.77. The van der Waals surface area contributed by atoms with Gasteiger partial charge in [-0.25, -0.2) is 0 Å². The molecular weight excluding hydrogens is 434 g/mol. The van der Waals surface area contributed by atoms with Crippen molar-refractivity contribution in [2.75, 3.05) is 26.3 Å². The summed E-state index contributed by atoms with van der Waals surface area (Å²) in [6.07, 6.45) is 7.83. The van der Waals surface area contributed by atoms with Gasteiger partial charge in [0.05, 0.1) is 6.61 Å². The van der Waals surface area contributed by atoms with Crippen LogP contribution in [-0.4, -0.2) is 72.0 Å². The molecule has 8 heteroatoms. The van der Waals surface area contributed by atoms with Gasteiger partial charge in [-0.15, -0.1) is 0 Å². The van der Waals surface area contributed by atoms with Crippen molar-refractivity contribution in [3.63, 3.8) is 0 Å². The third-order valence-corrected chi connectivity index (χ3v) is 8.71. The maximum atomic E-state index is 12.9. The standard InChI is InChI=1S/C26H33N3O5/c30-23-7-6-21(24(31)27-23)29-15-17-14-18(4-5-19(17)25(29)32)34-22-3-1-2-20(22)28-11-8-26(9-12-28)10-13-33-16-26/h4-5,14,20-22H,1-3,6-13,15-16H2,(H,27,30,31). The number of piperidine rings is 2. The summed E-state index contributed by atoms with van der Waals surface area (Å²) in [7, 11) is 0. The van der Waals surface area contributed by atoms with Crippen molar-refractivity contribution in [1.29, 1.82) is 0 Å². The second kappa shape index (κ2) is 8.64. The minimum atomic E-state index is -0.589. The quantitative estimate of drug-likeness (QED) is 0.684. The first-order valence-electron chi connectivity index (χ1n) is 12.8. The summed E-state index contributed by atoms with van der Waals surface area (Å²) in [5, 5.41) is 2.36. The first-order chi connectivity index (χ1) is 16.5. The van der Waals surface area contributed by atoms with Gasteiger partial charge in [-0.3, -0.25) is 24.6 Å². The second-order valence-electron chi connectivity index (χ2n) is 10.7. The number of ether oxygens (including phenoxy) is 2. The number of hydrogen-bond acceptors (Lipinski definition) is 6. The number of hydrogen-bond donors (Lipinski definition) is 1. The van der Waals surface area contributed by atoms with Crippen molar-refractivity contribution in [3.8, 4) is 5.75 Å². The number of nitrogens with zero attached hydrogens (tertiary/aromatic N) is 2. The molecule has 1 spiro atoms. The third-order valence-electron chi connectivity index (χ3n) is 8.71. The Balaban J connectivity index is 1.11. The highest BCUT2D eigenvalue weighted by atomic mass is 16.5. The molecule has 34 heavy (non-hydrogen) atoms. The molecule has 1 N–H and O–H groups in total. The molecule has 0 aromatic heterocycles. The maximum Gasteiger partial charge on any atom is 0.255 e. The number of benzene rings is 1. The molecule has 1 aliphatic carbocycles. The number of carbonyl (C=O) groups excluding carboxylic acids is 3. The highest BCUT2D eigenvalue weighted by Gasteiger charge is 2.43. The molecule has 0 bridgehead atoms. The summed E-state index contributed by atoms with van der Waals surface area (Å²) in [6.45, 7) is 4.45. The SMILES string of the molecule is O=C1CCC(N2Cc3cc(OC4CCCC4N4CCC5(CCOC5)CC4)ccc3C2=O)C(=O)N1. The molecule has 3 saturated heterocycles. The molecule has 0 radical (unpaired) electrons. The van der Waals surface area contributed by atoms with Gasteiger partial charge in [0, 0.05) is 31.2 Å². The Labute approximate surface area is 199 Å². The Kier molecular flexibility index (Phi) is 5.60. The number of nitrogens with one attached hydrogen (secondary N) is 1. The monoisotopic (exact) mass is 467 g/mol. The molecule has 1 saturated carbocycles. The van der Waals surface area contributed by atoms with Gasteiger partial charge in [0.2, 0.25) is 11.8 Å². The van der Waals surface area contributed by atoms with Crippen molar-refractivity contribution in [2.24, 2.45) is 5.41 Å². The van der Waals surface area contributed by atoms with E-state index in [4.69, 9.17) is 9.47 Å². The molecule has 1 aromatic rings. The first kappa shape index (κ1) is 22.0. The summed E-state index contributed by atoms with van der Waals surface area (Å²) < 4.78 is 12.2. The fraction of sp³-hybridized carbons (Fsp3) is 0.654. The third kappa shape index (κ3) is 3.90. The van der Waals surface area contributed by atoms with Gasteiger partial charge in [-0.1, -0.05) is 0 Å². The van der Waals surface area contributed by atoms with Gasteiger partial charge in [0.1, 0.15) is 17.9 Å². The normalized spacial score (nSPS) is 31.2. The highest BCUT2D eigenvalue weighted by molar-refractivity contribution is 6.05. The van der Waals surface area contributed by atoms with E-state index in [1.807, 2.05) is 18.2 Å². The largest absolute Gasteiger partial charge is 0.489 e. The predicted octanol–water partition coefficient (Wildman–Crippen LogP) is 2.25. The molecule has 4 heterocycles. The van der Waals surface area contributed by atoms with Gasteiger partial charge < -0.3 is 14.4 Å². The molecule has 4 fully saturated rings. The molecule has 5 aliphatic rings. The fourth-order valence-corrected chi connectivity index (χ4v) is 6.63. The predicted molar refractivity (Wildman–Crippen MR) is 123 cm³/mol. The first-order valence-corrected chi connectivity index (χ1v) is 12.8. The van der Waals surface area contributed by atoms with Crippen LogP contribution in [0.2, 0.25) is 0 Å². The number of fused-ring (bicyclic) bond motifs is 1. The molecule has 1 aromatic carbocycles. The number of rotatable bonds is 4. The van der Waals surface area contributed by atoms with E-state index in [-0.39, 0.29) is 30.2 Å². The Morgan fingerprint density at radius 1 is 1.06 bits per heavy atom. The van der Waals surface area contributed by atoms with Crippen LogP contribution in [0.4, 0.5) is 0 Å². The van der Waals surface area contributed by atoms with E-state index in [9.17, 15) is 14.4 Å². The fourth-order valence-electron chi connectivity index (χ4n) is 6.63. The summed E-state index contributed by atoms with van der Waals surface area (Å²) in [5.74, 6) is 0.00185. The van der Waals surface area contributed by atoms with Crippen LogP contribution in [0, 0.1) is 5.41 Å². The average Bonchev–Trinajstić information content (AvgIpc) is 3.55. The van der Waals surface area contributed by atoms with Crippen molar-refractivity contribution in [1.82, 2.24) is 15.1 Å². The van der Waals surface area contributed by atoms with Crippen molar-refractivity contribution in [3.05, 3.63) is 29.3 Å². The van der Waals surface area contributed by atoms with E-state index in [1.54, 1.807) is 4.90 Å². The lowest BCUT2D eigenvalue weighted by Gasteiger charge is -2.42. The van der Waals surface area contributed by atoms with Crippen LogP contribution in [0.3, 0.4) is 0 Å².